The summed E-state index contributed by atoms with van der Waals surface area (Å²) in [5, 5.41) is 4.28. The van der Waals surface area contributed by atoms with Crippen LogP contribution < -0.4 is 10.1 Å². The van der Waals surface area contributed by atoms with Crippen LogP contribution in [0.5, 0.6) is 5.75 Å². The zero-order valence-electron chi connectivity index (χ0n) is 11.6. The first kappa shape index (κ1) is 13.3. The molecule has 1 N–H and O–H groups in total. The molecule has 1 aliphatic rings. The highest BCUT2D eigenvalue weighted by molar-refractivity contribution is 6.30. The van der Waals surface area contributed by atoms with Gasteiger partial charge in [0, 0.05) is 11.1 Å². The van der Waals surface area contributed by atoms with Gasteiger partial charge in [-0.05, 0) is 23.6 Å². The van der Waals surface area contributed by atoms with Crippen molar-refractivity contribution in [1.29, 1.82) is 0 Å². The molecular weight excluding hydrogens is 270 g/mol. The standard InChI is InChI=1S/C17H18ClNO/c1-11(2)16-17(12-6-4-3-5-7-12)20-15-10-13(18)8-9-14(15)19-16/h3-11,16-17,19H,1-2H3. The van der Waals surface area contributed by atoms with Crippen molar-refractivity contribution < 1.29 is 4.74 Å². The molecule has 0 aliphatic carbocycles. The Morgan fingerprint density at radius 2 is 1.85 bits per heavy atom. The molecule has 0 aromatic heterocycles. The molecule has 1 aliphatic heterocycles. The Bertz CT molecular complexity index is 597. The zero-order valence-corrected chi connectivity index (χ0v) is 12.4. The van der Waals surface area contributed by atoms with Crippen LogP contribution >= 0.6 is 11.6 Å². The molecule has 0 spiro atoms. The Morgan fingerprint density at radius 1 is 1.10 bits per heavy atom. The van der Waals surface area contributed by atoms with Gasteiger partial charge in [0.05, 0.1) is 11.7 Å². The predicted octanol–water partition coefficient (Wildman–Crippen LogP) is 4.91. The topological polar surface area (TPSA) is 21.3 Å². The van der Waals surface area contributed by atoms with Crippen molar-refractivity contribution in [2.24, 2.45) is 5.92 Å². The summed E-state index contributed by atoms with van der Waals surface area (Å²) >= 11 is 6.06. The van der Waals surface area contributed by atoms with E-state index in [0.717, 1.165) is 11.4 Å². The minimum Gasteiger partial charge on any atom is -0.481 e. The third-order valence-corrected chi connectivity index (χ3v) is 3.93. The first-order valence-electron chi connectivity index (χ1n) is 6.93. The Balaban J connectivity index is 2.00. The van der Waals surface area contributed by atoms with Crippen LogP contribution in [-0.2, 0) is 0 Å². The van der Waals surface area contributed by atoms with E-state index in [-0.39, 0.29) is 12.1 Å². The maximum Gasteiger partial charge on any atom is 0.144 e. The van der Waals surface area contributed by atoms with Gasteiger partial charge in [0.25, 0.3) is 0 Å². The van der Waals surface area contributed by atoms with Crippen molar-refractivity contribution in [1.82, 2.24) is 0 Å². The summed E-state index contributed by atoms with van der Waals surface area (Å²) in [5.74, 6) is 1.28. The molecule has 2 atom stereocenters. The van der Waals surface area contributed by atoms with Crippen molar-refractivity contribution in [3.8, 4) is 5.75 Å². The average Bonchev–Trinajstić information content (AvgIpc) is 2.46. The molecule has 0 amide bonds. The van der Waals surface area contributed by atoms with Crippen LogP contribution in [-0.4, -0.2) is 6.04 Å². The van der Waals surface area contributed by atoms with Crippen molar-refractivity contribution in [2.45, 2.75) is 26.0 Å². The monoisotopic (exact) mass is 287 g/mol. The van der Waals surface area contributed by atoms with Crippen LogP contribution in [0.25, 0.3) is 0 Å². The molecule has 0 saturated heterocycles. The summed E-state index contributed by atoms with van der Waals surface area (Å²) in [6.07, 6.45) is 0.00201. The Morgan fingerprint density at radius 3 is 2.55 bits per heavy atom. The van der Waals surface area contributed by atoms with E-state index in [9.17, 15) is 0 Å². The highest BCUT2D eigenvalue weighted by atomic mass is 35.5. The molecule has 1 heterocycles. The second-order valence-electron chi connectivity index (χ2n) is 5.50. The van der Waals surface area contributed by atoms with Crippen LogP contribution in [0.15, 0.2) is 48.5 Å². The average molecular weight is 288 g/mol. The molecule has 20 heavy (non-hydrogen) atoms. The smallest absolute Gasteiger partial charge is 0.144 e. The third kappa shape index (κ3) is 2.48. The summed E-state index contributed by atoms with van der Waals surface area (Å²) in [6.45, 7) is 4.41. The number of halogens is 1. The fraction of sp³-hybridized carbons (Fsp3) is 0.294. The van der Waals surface area contributed by atoms with Gasteiger partial charge in [-0.3, -0.25) is 0 Å². The minimum absolute atomic E-state index is 0.00201. The second-order valence-corrected chi connectivity index (χ2v) is 5.94. The molecule has 3 heteroatoms. The summed E-state index contributed by atoms with van der Waals surface area (Å²) in [4.78, 5) is 0. The van der Waals surface area contributed by atoms with Crippen LogP contribution in [0.4, 0.5) is 5.69 Å². The van der Waals surface area contributed by atoms with Crippen LogP contribution in [0, 0.1) is 5.92 Å². The van der Waals surface area contributed by atoms with E-state index in [0.29, 0.717) is 10.9 Å². The third-order valence-electron chi connectivity index (χ3n) is 3.69. The molecule has 0 fully saturated rings. The fourth-order valence-corrected chi connectivity index (χ4v) is 2.77. The predicted molar refractivity (Wildman–Crippen MR) is 83.5 cm³/mol. The van der Waals surface area contributed by atoms with Gasteiger partial charge >= 0.3 is 0 Å². The summed E-state index contributed by atoms with van der Waals surface area (Å²) in [5.41, 5.74) is 2.20. The first-order valence-corrected chi connectivity index (χ1v) is 7.30. The van der Waals surface area contributed by atoms with Crippen molar-refractivity contribution >= 4 is 17.3 Å². The second kappa shape index (κ2) is 5.37. The van der Waals surface area contributed by atoms with E-state index >= 15 is 0 Å². The Labute approximate surface area is 124 Å². The van der Waals surface area contributed by atoms with E-state index in [1.54, 1.807) is 0 Å². The summed E-state index contributed by atoms with van der Waals surface area (Å²) in [6, 6.07) is 16.3. The molecule has 104 valence electrons. The molecule has 2 aromatic rings. The van der Waals surface area contributed by atoms with Gasteiger partial charge in [-0.15, -0.1) is 0 Å². The van der Waals surface area contributed by atoms with Crippen molar-refractivity contribution in [2.75, 3.05) is 5.32 Å². The van der Waals surface area contributed by atoms with E-state index in [1.807, 2.05) is 36.4 Å². The zero-order chi connectivity index (χ0) is 14.1. The SMILES string of the molecule is CC(C)C1Nc2ccc(Cl)cc2OC1c1ccccc1. The number of fused-ring (bicyclic) bond motifs is 1. The van der Waals surface area contributed by atoms with Crippen LogP contribution in [0.3, 0.4) is 0 Å². The number of hydrogen-bond donors (Lipinski definition) is 1. The molecule has 3 rings (SSSR count). The van der Waals surface area contributed by atoms with Crippen LogP contribution in [0.1, 0.15) is 25.5 Å². The lowest BCUT2D eigenvalue weighted by Crippen LogP contribution is -2.38. The lowest BCUT2D eigenvalue weighted by molar-refractivity contribution is 0.149. The lowest BCUT2D eigenvalue weighted by Gasteiger charge is -2.37. The molecule has 0 radical (unpaired) electrons. The van der Waals surface area contributed by atoms with E-state index in [1.165, 1.54) is 5.56 Å². The van der Waals surface area contributed by atoms with E-state index in [4.69, 9.17) is 16.3 Å². The number of ether oxygens (including phenoxy) is 1. The Kier molecular flexibility index (Phi) is 3.58. The van der Waals surface area contributed by atoms with Gasteiger partial charge in [-0.2, -0.15) is 0 Å². The van der Waals surface area contributed by atoms with Gasteiger partial charge in [0.15, 0.2) is 0 Å². The van der Waals surface area contributed by atoms with Gasteiger partial charge < -0.3 is 10.1 Å². The van der Waals surface area contributed by atoms with E-state index < -0.39 is 0 Å². The normalized spacial score (nSPS) is 21.0. The minimum atomic E-state index is 0.00201. The quantitative estimate of drug-likeness (QED) is 0.847. The highest BCUT2D eigenvalue weighted by Crippen LogP contribution is 2.40. The number of rotatable bonds is 2. The fourth-order valence-electron chi connectivity index (χ4n) is 2.61. The molecular formula is C17H18ClNO. The molecule has 2 aromatic carbocycles. The highest BCUT2D eigenvalue weighted by Gasteiger charge is 2.32. The summed E-state index contributed by atoms with van der Waals surface area (Å²) < 4.78 is 6.23. The number of hydrogen-bond acceptors (Lipinski definition) is 2. The Hall–Kier alpha value is -1.67. The summed E-state index contributed by atoms with van der Waals surface area (Å²) in [7, 11) is 0. The number of anilines is 1. The maximum absolute atomic E-state index is 6.23. The van der Waals surface area contributed by atoms with Gasteiger partial charge in [-0.1, -0.05) is 55.8 Å². The van der Waals surface area contributed by atoms with Gasteiger partial charge in [0.1, 0.15) is 11.9 Å². The molecule has 0 bridgehead atoms. The van der Waals surface area contributed by atoms with E-state index in [2.05, 4.69) is 31.3 Å². The molecule has 2 unspecified atom stereocenters. The maximum atomic E-state index is 6.23. The number of benzene rings is 2. The molecule has 0 saturated carbocycles. The molecule has 2 nitrogen and oxygen atoms in total. The van der Waals surface area contributed by atoms with Crippen LogP contribution in [0.2, 0.25) is 5.02 Å². The van der Waals surface area contributed by atoms with Gasteiger partial charge in [0.2, 0.25) is 0 Å². The first-order chi connectivity index (χ1) is 9.65. The van der Waals surface area contributed by atoms with Crippen molar-refractivity contribution in [3.05, 3.63) is 59.1 Å². The number of nitrogens with one attached hydrogen (secondary N) is 1. The lowest BCUT2D eigenvalue weighted by atomic mass is 9.91. The van der Waals surface area contributed by atoms with Crippen molar-refractivity contribution in [3.63, 3.8) is 0 Å². The van der Waals surface area contributed by atoms with Gasteiger partial charge in [-0.25, -0.2) is 0 Å². The largest absolute Gasteiger partial charge is 0.481 e.